The Balaban J connectivity index is 0.000000347. The molecule has 263 valence electrons. The average Bonchev–Trinajstić information content (AvgIpc) is 3.42. The molecule has 2 heterocycles. The predicted octanol–water partition coefficient (Wildman–Crippen LogP) is 11.2. The Hall–Kier alpha value is -2.89. The van der Waals surface area contributed by atoms with E-state index in [4.69, 9.17) is 4.98 Å². The molecule has 0 saturated carbocycles. The fourth-order valence-electron chi connectivity index (χ4n) is 6.68. The number of fused-ring (bicyclic) bond motifs is 2. The van der Waals surface area contributed by atoms with Crippen LogP contribution < -0.4 is 9.69 Å². The number of hydrogen-bond acceptors (Lipinski definition) is 4. The van der Waals surface area contributed by atoms with Crippen LogP contribution in [0.25, 0.3) is 32.1 Å². The Kier molecular flexibility index (Phi) is 14.4. The fourth-order valence-corrected chi connectivity index (χ4v) is 11.8. The molecule has 0 aliphatic carbocycles. The van der Waals surface area contributed by atoms with Gasteiger partial charge in [0.05, 0.1) is 5.76 Å². The number of carbonyl (C=O) groups excluding carboxylic acids is 1. The Labute approximate surface area is 313 Å². The predicted molar refractivity (Wildman–Crippen MR) is 212 cm³/mol. The van der Waals surface area contributed by atoms with Crippen LogP contribution in [0.3, 0.4) is 0 Å². The number of aromatic nitrogens is 1. The number of aryl methyl sites for hydroxylation is 1. The summed E-state index contributed by atoms with van der Waals surface area (Å²) < 4.78 is 2.82. The van der Waals surface area contributed by atoms with E-state index in [2.05, 4.69) is 114 Å². The molecule has 1 radical (unpaired) electrons. The van der Waals surface area contributed by atoms with Gasteiger partial charge in [-0.05, 0) is 59.5 Å². The van der Waals surface area contributed by atoms with E-state index in [1.54, 1.807) is 0 Å². The summed E-state index contributed by atoms with van der Waals surface area (Å²) in [5.74, 6) is 0.547. The van der Waals surface area contributed by atoms with Gasteiger partial charge in [0.15, 0.2) is 5.78 Å². The minimum Gasteiger partial charge on any atom is -0.512 e. The molecule has 0 aliphatic heterocycles. The van der Waals surface area contributed by atoms with E-state index in [1.807, 2.05) is 45.2 Å². The molecule has 1 N–H and O–H groups in total. The van der Waals surface area contributed by atoms with Gasteiger partial charge in [0, 0.05) is 54.6 Å². The first-order valence-corrected chi connectivity index (χ1v) is 21.4. The molecule has 5 rings (SSSR count). The number of carbonyl (C=O) groups is 1. The number of pyridine rings is 1. The van der Waals surface area contributed by atoms with Crippen LogP contribution >= 0.6 is 11.3 Å². The third kappa shape index (κ3) is 9.07. The molecule has 0 amide bonds. The van der Waals surface area contributed by atoms with Crippen LogP contribution in [0.4, 0.5) is 0 Å². The van der Waals surface area contributed by atoms with Crippen molar-refractivity contribution in [3.05, 3.63) is 102 Å². The van der Waals surface area contributed by atoms with Crippen LogP contribution in [0.1, 0.15) is 85.3 Å². The molecule has 3 nitrogen and oxygen atoms in total. The molecule has 0 fully saturated rings. The summed E-state index contributed by atoms with van der Waals surface area (Å²) in [5.41, 5.74) is 4.95. The number of aliphatic hydroxyl groups excluding tert-OH is 1. The van der Waals surface area contributed by atoms with Crippen molar-refractivity contribution < 1.29 is 30.0 Å². The quantitative estimate of drug-likeness (QED) is 0.0658. The number of aliphatic hydroxyl groups is 1. The van der Waals surface area contributed by atoms with E-state index in [-0.39, 0.29) is 48.9 Å². The van der Waals surface area contributed by atoms with Crippen molar-refractivity contribution in [3.63, 3.8) is 0 Å². The number of benzene rings is 3. The zero-order valence-corrected chi connectivity index (χ0v) is 35.2. The van der Waals surface area contributed by atoms with Crippen LogP contribution in [0, 0.1) is 24.8 Å². The maximum absolute atomic E-state index is 11.7. The zero-order valence-electron chi connectivity index (χ0n) is 31.0. The molecule has 0 atom stereocenters. The summed E-state index contributed by atoms with van der Waals surface area (Å²) in [7, 11) is -1.81. The Morgan fingerprint density at radius 2 is 1.49 bits per heavy atom. The van der Waals surface area contributed by atoms with E-state index in [1.165, 1.54) is 42.4 Å². The smallest absolute Gasteiger partial charge is 0.162 e. The van der Waals surface area contributed by atoms with E-state index in [0.717, 1.165) is 42.3 Å². The van der Waals surface area contributed by atoms with Gasteiger partial charge in [-0.2, -0.15) is 11.3 Å². The monoisotopic (exact) mass is 869 g/mol. The van der Waals surface area contributed by atoms with Gasteiger partial charge >= 0.3 is 0 Å². The van der Waals surface area contributed by atoms with Gasteiger partial charge in [0.1, 0.15) is 8.07 Å². The van der Waals surface area contributed by atoms with Crippen LogP contribution in [0.5, 0.6) is 0 Å². The minimum atomic E-state index is -1.81. The first kappa shape index (κ1) is 40.5. The van der Waals surface area contributed by atoms with Gasteiger partial charge in [0.25, 0.3) is 0 Å². The number of rotatable bonds is 10. The van der Waals surface area contributed by atoms with Crippen molar-refractivity contribution in [2.24, 2.45) is 11.8 Å². The number of hydrogen-bond donors (Lipinski definition) is 1. The van der Waals surface area contributed by atoms with Gasteiger partial charge in [0.2, 0.25) is 0 Å². The number of ketones is 1. The van der Waals surface area contributed by atoms with Gasteiger partial charge in [-0.1, -0.05) is 126 Å². The summed E-state index contributed by atoms with van der Waals surface area (Å²) in [6, 6.07) is 27.8. The fraction of sp³-hybridized carbons (Fsp3) is 0.395. The molecule has 49 heavy (non-hydrogen) atoms. The number of thiophene rings is 1. The van der Waals surface area contributed by atoms with E-state index in [9.17, 15) is 9.90 Å². The van der Waals surface area contributed by atoms with Crippen LogP contribution in [-0.2, 0) is 30.3 Å². The van der Waals surface area contributed by atoms with Crippen molar-refractivity contribution in [1.82, 2.24) is 4.98 Å². The summed E-state index contributed by atoms with van der Waals surface area (Å²) in [6.45, 7) is 22.2. The van der Waals surface area contributed by atoms with Crippen molar-refractivity contribution in [3.8, 4) is 11.3 Å². The second kappa shape index (κ2) is 17.4. The van der Waals surface area contributed by atoms with Crippen molar-refractivity contribution in [2.75, 3.05) is 0 Å². The standard InChI is InChI=1S/C30H30NSSi.C13H24O2.Ir/c1-20-24-16-17-31-27(28(24)32-29(20)33(5,6)23-13-8-7-9-14-23)22-18-21-12-10-11-15-25(21)26(19-22)30(2,3)4;1-5-10(6-2)12(14)9-13(15)11(7-3)8-4;/h7-17,19H,1-6H3;9-11,14H,5-8H2,1-4H3;/q-1;;/b;12-9-;. The van der Waals surface area contributed by atoms with E-state index in [0.29, 0.717) is 0 Å². The molecular weight excluding hydrogens is 815 g/mol. The van der Waals surface area contributed by atoms with Crippen LogP contribution in [0.15, 0.2) is 84.8 Å². The normalized spacial score (nSPS) is 12.3. The van der Waals surface area contributed by atoms with Crippen molar-refractivity contribution in [1.29, 1.82) is 0 Å². The second-order valence-electron chi connectivity index (χ2n) is 14.5. The maximum atomic E-state index is 11.7. The van der Waals surface area contributed by atoms with Crippen molar-refractivity contribution in [2.45, 2.75) is 99.6 Å². The van der Waals surface area contributed by atoms with Crippen molar-refractivity contribution >= 4 is 55.7 Å². The molecule has 0 bridgehead atoms. The maximum Gasteiger partial charge on any atom is 0.162 e. The molecule has 3 aromatic carbocycles. The van der Waals surface area contributed by atoms with Gasteiger partial charge in [-0.15, -0.1) is 29.1 Å². The molecular formula is C43H54IrNO2SSi-. The summed E-state index contributed by atoms with van der Waals surface area (Å²) >= 11 is 1.95. The van der Waals surface area contributed by atoms with Gasteiger partial charge in [-0.3, -0.25) is 9.78 Å². The first-order chi connectivity index (χ1) is 22.8. The molecule has 0 spiro atoms. The molecule has 0 aliphatic rings. The Morgan fingerprint density at radius 1 is 0.898 bits per heavy atom. The molecule has 0 saturated heterocycles. The largest absolute Gasteiger partial charge is 0.512 e. The SMILES string of the molecule is CCC(CC)C(=O)/C=C(\O)C(CC)CC.Cc1c([Si](C)(C)c2ccccc2)sc2c(-c3[c-]c4ccccc4c(C(C)(C)C)c3)nccc12.[Ir]. The van der Waals surface area contributed by atoms with Crippen LogP contribution in [-0.4, -0.2) is 23.9 Å². The topological polar surface area (TPSA) is 50.2 Å². The third-order valence-corrected chi connectivity index (χ3v) is 16.1. The molecule has 6 heteroatoms. The molecule has 2 aromatic heterocycles. The Morgan fingerprint density at radius 3 is 2.08 bits per heavy atom. The minimum absolute atomic E-state index is 0. The Bertz CT molecular complexity index is 1880. The first-order valence-electron chi connectivity index (χ1n) is 17.6. The summed E-state index contributed by atoms with van der Waals surface area (Å²) in [5, 5.41) is 15.0. The summed E-state index contributed by atoms with van der Waals surface area (Å²) in [6.07, 6.45) is 6.88. The average molecular weight is 869 g/mol. The van der Waals surface area contributed by atoms with E-state index >= 15 is 0 Å². The van der Waals surface area contributed by atoms with Crippen LogP contribution in [0.2, 0.25) is 13.1 Å². The zero-order chi connectivity index (χ0) is 35.2. The second-order valence-corrected chi connectivity index (χ2v) is 20.2. The van der Waals surface area contributed by atoms with E-state index < -0.39 is 8.07 Å². The van der Waals surface area contributed by atoms with Gasteiger partial charge < -0.3 is 5.11 Å². The molecule has 0 unspecified atom stereocenters. The third-order valence-electron chi connectivity index (χ3n) is 9.84. The van der Waals surface area contributed by atoms with Gasteiger partial charge in [-0.25, -0.2) is 0 Å². The summed E-state index contributed by atoms with van der Waals surface area (Å²) in [4.78, 5) is 16.6. The molecule has 5 aromatic rings. The number of allylic oxidation sites excluding steroid dienone is 2. The number of nitrogens with zero attached hydrogens (tertiary/aromatic N) is 1.